The Morgan fingerprint density at radius 2 is 1.79 bits per heavy atom. The maximum atomic E-state index is 13.0. The van der Waals surface area contributed by atoms with E-state index in [0.29, 0.717) is 28.8 Å². The second-order valence-corrected chi connectivity index (χ2v) is 10.3. The number of hydrogen-bond donors (Lipinski definition) is 2. The number of hydrogen-bond acceptors (Lipinski definition) is 8. The lowest BCUT2D eigenvalue weighted by molar-refractivity contribution is 0.0305. The number of amides is 2. The molecule has 2 aromatic carbocycles. The van der Waals surface area contributed by atoms with Gasteiger partial charge in [-0.25, -0.2) is 9.78 Å². The van der Waals surface area contributed by atoms with Crippen molar-refractivity contribution in [2.45, 2.75) is 26.4 Å². The van der Waals surface area contributed by atoms with E-state index in [1.54, 1.807) is 25.2 Å². The van der Waals surface area contributed by atoms with Crippen LogP contribution in [0.4, 0.5) is 27.8 Å². The van der Waals surface area contributed by atoms with E-state index in [0.717, 1.165) is 11.4 Å². The van der Waals surface area contributed by atoms with Crippen LogP contribution in [0.25, 0.3) is 0 Å². The van der Waals surface area contributed by atoms with Crippen molar-refractivity contribution in [3.8, 4) is 5.88 Å². The number of ether oxygens (including phenoxy) is 2. The SMILES string of the molecule is CN(CCNc1ccc(Nc2ncc3c(n2)OCN(c2c(Cl)cccc2Cl)C3=O)cc1)C(=O)OC(C)(C)C. The number of carbonyl (C=O) groups is 2. The van der Waals surface area contributed by atoms with Gasteiger partial charge in [-0.3, -0.25) is 9.69 Å². The van der Waals surface area contributed by atoms with Gasteiger partial charge in [0.1, 0.15) is 11.2 Å². The van der Waals surface area contributed by atoms with Gasteiger partial charge in [0.15, 0.2) is 6.73 Å². The fraction of sp³-hybridized carbons (Fsp3) is 0.308. The molecule has 0 unspecified atom stereocenters. The zero-order chi connectivity index (χ0) is 27.4. The van der Waals surface area contributed by atoms with E-state index in [1.165, 1.54) is 16.0 Å². The second-order valence-electron chi connectivity index (χ2n) is 9.52. The van der Waals surface area contributed by atoms with E-state index < -0.39 is 5.60 Å². The van der Waals surface area contributed by atoms with E-state index >= 15 is 0 Å². The molecule has 1 aliphatic rings. The highest BCUT2D eigenvalue weighted by Crippen LogP contribution is 2.37. The highest BCUT2D eigenvalue weighted by atomic mass is 35.5. The third-order valence-electron chi connectivity index (χ3n) is 5.39. The molecule has 0 atom stereocenters. The summed E-state index contributed by atoms with van der Waals surface area (Å²) in [4.78, 5) is 36.6. The molecule has 2 heterocycles. The van der Waals surface area contributed by atoms with Gasteiger partial charge in [-0.15, -0.1) is 0 Å². The van der Waals surface area contributed by atoms with Gasteiger partial charge >= 0.3 is 6.09 Å². The maximum absolute atomic E-state index is 13.0. The molecular formula is C26H28Cl2N6O4. The van der Waals surface area contributed by atoms with Crippen LogP contribution < -0.4 is 20.3 Å². The van der Waals surface area contributed by atoms with E-state index in [9.17, 15) is 9.59 Å². The van der Waals surface area contributed by atoms with Gasteiger partial charge in [0.25, 0.3) is 5.91 Å². The Morgan fingerprint density at radius 1 is 1.13 bits per heavy atom. The van der Waals surface area contributed by atoms with E-state index in [1.807, 2.05) is 45.0 Å². The average molecular weight is 559 g/mol. The lowest BCUT2D eigenvalue weighted by Gasteiger charge is -2.29. The summed E-state index contributed by atoms with van der Waals surface area (Å²) < 4.78 is 11.1. The summed E-state index contributed by atoms with van der Waals surface area (Å²) in [6, 6.07) is 12.5. The smallest absolute Gasteiger partial charge is 0.410 e. The number of nitrogens with zero attached hydrogens (tertiary/aromatic N) is 4. The molecule has 4 rings (SSSR count). The first-order valence-electron chi connectivity index (χ1n) is 11.8. The number of benzene rings is 2. The van der Waals surface area contributed by atoms with Crippen molar-refractivity contribution in [3.05, 3.63) is 64.3 Å². The molecule has 2 N–H and O–H groups in total. The highest BCUT2D eigenvalue weighted by Gasteiger charge is 2.31. The van der Waals surface area contributed by atoms with Crippen molar-refractivity contribution in [3.63, 3.8) is 0 Å². The number of aromatic nitrogens is 2. The number of anilines is 4. The van der Waals surface area contributed by atoms with Gasteiger partial charge in [0, 0.05) is 37.7 Å². The first-order valence-corrected chi connectivity index (χ1v) is 12.6. The van der Waals surface area contributed by atoms with E-state index in [4.69, 9.17) is 32.7 Å². The van der Waals surface area contributed by atoms with Gasteiger partial charge in [-0.1, -0.05) is 29.3 Å². The van der Waals surface area contributed by atoms with Crippen LogP contribution in [0.2, 0.25) is 10.0 Å². The van der Waals surface area contributed by atoms with Gasteiger partial charge in [-0.05, 0) is 57.2 Å². The Morgan fingerprint density at radius 3 is 2.45 bits per heavy atom. The van der Waals surface area contributed by atoms with Crippen molar-refractivity contribution >= 4 is 58.2 Å². The van der Waals surface area contributed by atoms with Crippen LogP contribution in [0, 0.1) is 0 Å². The zero-order valence-corrected chi connectivity index (χ0v) is 22.9. The van der Waals surface area contributed by atoms with Gasteiger partial charge < -0.3 is 25.0 Å². The Kier molecular flexibility index (Phi) is 8.13. The van der Waals surface area contributed by atoms with Crippen LogP contribution in [-0.4, -0.2) is 59.3 Å². The monoisotopic (exact) mass is 558 g/mol. The molecule has 0 radical (unpaired) electrons. The molecule has 0 fully saturated rings. The van der Waals surface area contributed by atoms with Crippen molar-refractivity contribution in [1.82, 2.24) is 14.9 Å². The average Bonchev–Trinajstić information content (AvgIpc) is 2.85. The zero-order valence-electron chi connectivity index (χ0n) is 21.4. The number of halogens is 2. The number of rotatable bonds is 7. The van der Waals surface area contributed by atoms with Crippen molar-refractivity contribution < 1.29 is 19.1 Å². The molecule has 3 aromatic rings. The molecule has 0 aliphatic carbocycles. The lowest BCUT2D eigenvalue weighted by Crippen LogP contribution is -2.39. The van der Waals surface area contributed by atoms with Crippen molar-refractivity contribution in [2.24, 2.45) is 0 Å². The Bertz CT molecular complexity index is 1310. The molecule has 0 bridgehead atoms. The van der Waals surface area contributed by atoms with Crippen LogP contribution in [0.1, 0.15) is 31.1 Å². The predicted octanol–water partition coefficient (Wildman–Crippen LogP) is 5.80. The second kappa shape index (κ2) is 11.3. The Hall–Kier alpha value is -3.76. The van der Waals surface area contributed by atoms with Crippen LogP contribution in [0.3, 0.4) is 0 Å². The standard InChI is InChI=1S/C26H28Cl2N6O4/c1-26(2,3)38-25(36)33(4)13-12-29-16-8-10-17(11-9-16)31-24-30-14-18-22(32-24)37-15-34(23(18)35)21-19(27)6-5-7-20(21)28/h5-11,14,29H,12-13,15H2,1-4H3,(H,30,31,32). The summed E-state index contributed by atoms with van der Waals surface area (Å²) in [5.74, 6) is 0.0836. The third kappa shape index (κ3) is 6.56. The fourth-order valence-corrected chi connectivity index (χ4v) is 4.13. The van der Waals surface area contributed by atoms with Crippen LogP contribution in [0.5, 0.6) is 5.88 Å². The first-order chi connectivity index (χ1) is 18.0. The number of fused-ring (bicyclic) bond motifs is 1. The summed E-state index contributed by atoms with van der Waals surface area (Å²) in [6.45, 7) is 6.45. The minimum Gasteiger partial charge on any atom is -0.455 e. The minimum absolute atomic E-state index is 0.0881. The third-order valence-corrected chi connectivity index (χ3v) is 6.00. The Balaban J connectivity index is 1.34. The summed E-state index contributed by atoms with van der Waals surface area (Å²) in [7, 11) is 1.70. The number of likely N-dealkylation sites (N-methyl/N-ethyl adjacent to an activating group) is 1. The molecule has 38 heavy (non-hydrogen) atoms. The maximum Gasteiger partial charge on any atom is 0.410 e. The largest absolute Gasteiger partial charge is 0.455 e. The number of nitrogens with one attached hydrogen (secondary N) is 2. The van der Waals surface area contributed by atoms with Crippen molar-refractivity contribution in [1.29, 1.82) is 0 Å². The summed E-state index contributed by atoms with van der Waals surface area (Å²) in [5.41, 5.74) is 1.67. The predicted molar refractivity (Wildman–Crippen MR) is 148 cm³/mol. The molecule has 0 saturated heterocycles. The summed E-state index contributed by atoms with van der Waals surface area (Å²) in [5, 5.41) is 7.04. The quantitative estimate of drug-likeness (QED) is 0.374. The molecule has 12 heteroatoms. The molecule has 200 valence electrons. The molecule has 10 nitrogen and oxygen atoms in total. The molecule has 0 spiro atoms. The van der Waals surface area contributed by atoms with Crippen LogP contribution in [0.15, 0.2) is 48.7 Å². The fourth-order valence-electron chi connectivity index (χ4n) is 3.53. The molecule has 2 amide bonds. The van der Waals surface area contributed by atoms with Gasteiger partial charge in [0.2, 0.25) is 11.8 Å². The summed E-state index contributed by atoms with van der Waals surface area (Å²) >= 11 is 12.5. The molecule has 1 aliphatic heterocycles. The first kappa shape index (κ1) is 27.3. The van der Waals surface area contributed by atoms with E-state index in [-0.39, 0.29) is 36.1 Å². The molecule has 1 aromatic heterocycles. The number of para-hydroxylation sites is 1. The van der Waals surface area contributed by atoms with Crippen LogP contribution >= 0.6 is 23.2 Å². The minimum atomic E-state index is -0.532. The molecular weight excluding hydrogens is 531 g/mol. The van der Waals surface area contributed by atoms with Crippen molar-refractivity contribution in [2.75, 3.05) is 42.4 Å². The highest BCUT2D eigenvalue weighted by molar-refractivity contribution is 6.40. The topological polar surface area (TPSA) is 109 Å². The van der Waals surface area contributed by atoms with Gasteiger partial charge in [0.05, 0.1) is 15.7 Å². The van der Waals surface area contributed by atoms with Crippen LogP contribution in [-0.2, 0) is 4.74 Å². The van der Waals surface area contributed by atoms with E-state index in [2.05, 4.69) is 20.6 Å². The molecule has 0 saturated carbocycles. The number of carbonyl (C=O) groups excluding carboxylic acids is 2. The Labute approximate surface area is 230 Å². The lowest BCUT2D eigenvalue weighted by atomic mass is 10.2. The van der Waals surface area contributed by atoms with Gasteiger partial charge in [-0.2, -0.15) is 4.98 Å². The summed E-state index contributed by atoms with van der Waals surface area (Å²) in [6.07, 6.45) is 1.04. The normalized spacial score (nSPS) is 12.9.